The molecule has 6 nitrogen and oxygen atoms in total. The van der Waals surface area contributed by atoms with Crippen LogP contribution in [0.5, 0.6) is 11.5 Å². The van der Waals surface area contributed by atoms with E-state index in [1.165, 1.54) is 5.56 Å². The minimum absolute atomic E-state index is 0.287. The molecule has 1 atom stereocenters. The van der Waals surface area contributed by atoms with Gasteiger partial charge >= 0.3 is 0 Å². The third kappa shape index (κ3) is 7.47. The predicted molar refractivity (Wildman–Crippen MR) is 133 cm³/mol. The van der Waals surface area contributed by atoms with E-state index in [2.05, 4.69) is 17.0 Å². The Morgan fingerprint density at radius 1 is 0.912 bits per heavy atom. The van der Waals surface area contributed by atoms with Gasteiger partial charge in [-0.1, -0.05) is 36.8 Å². The summed E-state index contributed by atoms with van der Waals surface area (Å²) in [6.07, 6.45) is 6.51. The average molecular weight is 467 g/mol. The summed E-state index contributed by atoms with van der Waals surface area (Å²) in [6, 6.07) is 17.9. The number of hydrogen-bond acceptors (Lipinski definition) is 5. The fourth-order valence-electron chi connectivity index (χ4n) is 4.91. The van der Waals surface area contributed by atoms with Crippen molar-refractivity contribution in [3.05, 3.63) is 60.2 Å². The molecule has 0 radical (unpaired) electrons. The largest absolute Gasteiger partial charge is 0.494 e. The van der Waals surface area contributed by atoms with Crippen LogP contribution in [0.25, 0.3) is 0 Å². The number of rotatable bonds is 10. The molecule has 2 aliphatic heterocycles. The summed E-state index contributed by atoms with van der Waals surface area (Å²) in [4.78, 5) is 16.4. The van der Waals surface area contributed by atoms with Gasteiger partial charge in [-0.25, -0.2) is 0 Å². The molecule has 2 aliphatic rings. The molecule has 2 saturated heterocycles. The van der Waals surface area contributed by atoms with Crippen molar-refractivity contribution in [2.24, 2.45) is 0 Å². The number of hydrogen-bond donors (Lipinski definition) is 1. The topological polar surface area (TPSA) is 62.2 Å². The molecule has 0 spiro atoms. The Hall–Kier alpha value is -2.57. The number of ether oxygens (including phenoxy) is 2. The quantitative estimate of drug-likeness (QED) is 0.530. The van der Waals surface area contributed by atoms with Crippen molar-refractivity contribution in [1.29, 1.82) is 0 Å². The van der Waals surface area contributed by atoms with E-state index in [1.54, 1.807) is 0 Å². The van der Waals surface area contributed by atoms with Crippen LogP contribution < -0.4 is 9.47 Å². The van der Waals surface area contributed by atoms with Gasteiger partial charge in [-0.3, -0.25) is 9.69 Å². The zero-order valence-corrected chi connectivity index (χ0v) is 20.2. The van der Waals surface area contributed by atoms with E-state index in [0.717, 1.165) is 76.2 Å². The normalized spacial score (nSPS) is 21.8. The molecule has 0 aliphatic carbocycles. The number of carbonyl (C=O) groups is 1. The minimum atomic E-state index is -0.840. The number of piperidine rings is 1. The molecule has 2 heterocycles. The second-order valence-corrected chi connectivity index (χ2v) is 9.68. The molecule has 0 saturated carbocycles. The van der Waals surface area contributed by atoms with Crippen molar-refractivity contribution in [1.82, 2.24) is 9.80 Å². The number of carbonyl (C=O) groups excluding carboxylic acids is 1. The Bertz CT molecular complexity index is 906. The van der Waals surface area contributed by atoms with E-state index in [-0.39, 0.29) is 5.91 Å². The highest BCUT2D eigenvalue weighted by Gasteiger charge is 2.34. The maximum absolute atomic E-state index is 12.1. The molecule has 4 rings (SSSR count). The summed E-state index contributed by atoms with van der Waals surface area (Å²) < 4.78 is 11.9. The van der Waals surface area contributed by atoms with Crippen molar-refractivity contribution in [2.75, 3.05) is 39.4 Å². The fraction of sp³-hybridized carbons (Fsp3) is 0.536. The maximum atomic E-state index is 12.1. The first kappa shape index (κ1) is 24.6. The van der Waals surface area contributed by atoms with Gasteiger partial charge in [0.15, 0.2) is 0 Å². The van der Waals surface area contributed by atoms with Crippen molar-refractivity contribution in [3.63, 3.8) is 0 Å². The van der Waals surface area contributed by atoms with E-state index >= 15 is 0 Å². The number of para-hydroxylation sites is 1. The molecule has 1 N–H and O–H groups in total. The number of likely N-dealkylation sites (tertiary alicyclic amines) is 2. The predicted octanol–water partition coefficient (Wildman–Crippen LogP) is 4.26. The van der Waals surface area contributed by atoms with Crippen LogP contribution in [-0.4, -0.2) is 65.8 Å². The number of aliphatic hydroxyl groups is 1. The Morgan fingerprint density at radius 3 is 2.65 bits per heavy atom. The highest BCUT2D eigenvalue weighted by Crippen LogP contribution is 2.25. The van der Waals surface area contributed by atoms with Crippen LogP contribution >= 0.6 is 0 Å². The van der Waals surface area contributed by atoms with Crippen molar-refractivity contribution < 1.29 is 19.4 Å². The van der Waals surface area contributed by atoms with Gasteiger partial charge in [0, 0.05) is 32.6 Å². The van der Waals surface area contributed by atoms with Crippen molar-refractivity contribution in [2.45, 2.75) is 57.1 Å². The monoisotopic (exact) mass is 466 g/mol. The van der Waals surface area contributed by atoms with Crippen LogP contribution in [0.2, 0.25) is 0 Å². The third-order valence-corrected chi connectivity index (χ3v) is 6.70. The lowest BCUT2D eigenvalue weighted by molar-refractivity contribution is -0.130. The first-order chi connectivity index (χ1) is 16.6. The van der Waals surface area contributed by atoms with Crippen molar-refractivity contribution in [3.8, 4) is 11.5 Å². The standard InChI is InChI=1S/C28H38N2O4/c31-27-14-5-2-6-17-30(27)18-9-19-33-26-13-7-10-24(20-26)21-29-16-8-15-28(32,22-29)23-34-25-11-3-1-4-12-25/h1,3-4,7,10-13,20,32H,2,5-6,8-9,14-19,21-23H2/t28-/m1/s1. The molecule has 6 heteroatoms. The molecule has 184 valence electrons. The zero-order chi connectivity index (χ0) is 23.6. The Kier molecular flexibility index (Phi) is 8.83. The molecule has 34 heavy (non-hydrogen) atoms. The molecule has 1 amide bonds. The van der Waals surface area contributed by atoms with E-state index in [1.807, 2.05) is 47.4 Å². The van der Waals surface area contributed by atoms with Gasteiger partial charge in [0.1, 0.15) is 23.7 Å². The lowest BCUT2D eigenvalue weighted by Crippen LogP contribution is -2.51. The molecule has 0 aromatic heterocycles. The van der Waals surface area contributed by atoms with Crippen LogP contribution in [-0.2, 0) is 11.3 Å². The fourth-order valence-corrected chi connectivity index (χ4v) is 4.91. The average Bonchev–Trinajstić information content (AvgIpc) is 3.05. The Balaban J connectivity index is 1.22. The van der Waals surface area contributed by atoms with Crippen LogP contribution in [0.3, 0.4) is 0 Å². The first-order valence-corrected chi connectivity index (χ1v) is 12.7. The van der Waals surface area contributed by atoms with Gasteiger partial charge in [-0.2, -0.15) is 0 Å². The van der Waals surface area contributed by atoms with Gasteiger partial charge in [-0.15, -0.1) is 0 Å². The molecule has 0 bridgehead atoms. The van der Waals surface area contributed by atoms with Crippen LogP contribution in [0, 0.1) is 0 Å². The zero-order valence-electron chi connectivity index (χ0n) is 20.2. The highest BCUT2D eigenvalue weighted by atomic mass is 16.5. The first-order valence-electron chi connectivity index (χ1n) is 12.7. The number of benzene rings is 2. The maximum Gasteiger partial charge on any atom is 0.222 e. The van der Waals surface area contributed by atoms with Gasteiger partial charge in [0.05, 0.1) is 6.61 Å². The summed E-state index contributed by atoms with van der Waals surface area (Å²) >= 11 is 0. The second-order valence-electron chi connectivity index (χ2n) is 9.68. The van der Waals surface area contributed by atoms with E-state index in [9.17, 15) is 9.90 Å². The van der Waals surface area contributed by atoms with Crippen LogP contribution in [0.15, 0.2) is 54.6 Å². The van der Waals surface area contributed by atoms with Gasteiger partial charge in [0.2, 0.25) is 5.91 Å². The van der Waals surface area contributed by atoms with Gasteiger partial charge in [-0.05, 0) is 68.5 Å². The Morgan fingerprint density at radius 2 is 1.76 bits per heavy atom. The number of β-amino-alcohol motifs (C(OH)–C–C–N with tert-alkyl or cyclic N) is 1. The molecular weight excluding hydrogens is 428 g/mol. The molecule has 2 aromatic rings. The van der Waals surface area contributed by atoms with Gasteiger partial charge < -0.3 is 19.5 Å². The summed E-state index contributed by atoms with van der Waals surface area (Å²) in [5.74, 6) is 1.94. The van der Waals surface area contributed by atoms with E-state index in [0.29, 0.717) is 26.2 Å². The summed E-state index contributed by atoms with van der Waals surface area (Å²) in [7, 11) is 0. The smallest absolute Gasteiger partial charge is 0.222 e. The molecule has 2 aromatic carbocycles. The molecule has 2 fully saturated rings. The lowest BCUT2D eigenvalue weighted by Gasteiger charge is -2.39. The van der Waals surface area contributed by atoms with Gasteiger partial charge in [0.25, 0.3) is 0 Å². The van der Waals surface area contributed by atoms with Crippen LogP contribution in [0.1, 0.15) is 50.5 Å². The molecule has 0 unspecified atom stereocenters. The SMILES string of the molecule is O=C1CCCCCN1CCCOc1cccc(CN2CCC[C@](O)(COc3ccccc3)C2)c1. The summed E-state index contributed by atoms with van der Waals surface area (Å²) in [5, 5.41) is 11.1. The Labute approximate surface area is 203 Å². The van der Waals surface area contributed by atoms with Crippen molar-refractivity contribution >= 4 is 5.91 Å². The number of amides is 1. The second kappa shape index (κ2) is 12.2. The van der Waals surface area contributed by atoms with E-state index < -0.39 is 5.60 Å². The summed E-state index contributed by atoms with van der Waals surface area (Å²) in [6.45, 7) is 4.89. The molecular formula is C28H38N2O4. The van der Waals surface area contributed by atoms with Crippen LogP contribution in [0.4, 0.5) is 0 Å². The van der Waals surface area contributed by atoms with E-state index in [4.69, 9.17) is 9.47 Å². The third-order valence-electron chi connectivity index (χ3n) is 6.70. The minimum Gasteiger partial charge on any atom is -0.494 e. The number of nitrogens with zero attached hydrogens (tertiary/aromatic N) is 2. The summed E-state index contributed by atoms with van der Waals surface area (Å²) in [5.41, 5.74) is 0.334. The lowest BCUT2D eigenvalue weighted by atomic mass is 9.93. The highest BCUT2D eigenvalue weighted by molar-refractivity contribution is 5.76.